The molecule has 3 aliphatic rings. The summed E-state index contributed by atoms with van der Waals surface area (Å²) in [6, 6.07) is 15.1. The topological polar surface area (TPSA) is 126 Å². The summed E-state index contributed by atoms with van der Waals surface area (Å²) in [6.07, 6.45) is 4.45. The van der Waals surface area contributed by atoms with Crippen LogP contribution in [0.5, 0.6) is 0 Å². The molecule has 6 heterocycles. The maximum atomic E-state index is 12.6. The van der Waals surface area contributed by atoms with Crippen molar-refractivity contribution < 1.29 is 9.59 Å². The Morgan fingerprint density at radius 3 is 2.62 bits per heavy atom. The van der Waals surface area contributed by atoms with E-state index in [1.165, 1.54) is 0 Å². The molecule has 14 heteroatoms. The van der Waals surface area contributed by atoms with Crippen molar-refractivity contribution >= 4 is 56.5 Å². The molecule has 8 rings (SSSR count). The van der Waals surface area contributed by atoms with Gasteiger partial charge in [0, 0.05) is 55.0 Å². The highest BCUT2D eigenvalue weighted by atomic mass is 16.2. The molecule has 1 saturated heterocycles. The number of nitrogens with one attached hydrogen (secondary N) is 2. The minimum Gasteiger partial charge on any atom is -0.364 e. The van der Waals surface area contributed by atoms with E-state index in [4.69, 9.17) is 20.8 Å². The molecule has 1 unspecified atom stereocenters. The number of aromatic nitrogens is 6. The molecule has 2 fully saturated rings. The molecule has 1 aromatic carbocycles. The number of hydrogen-bond acceptors (Lipinski definition) is 9. The zero-order chi connectivity index (χ0) is 32.6. The van der Waals surface area contributed by atoms with Crippen LogP contribution in [0.3, 0.4) is 0 Å². The van der Waals surface area contributed by atoms with E-state index in [2.05, 4.69) is 55.3 Å². The fourth-order valence-electron chi connectivity index (χ4n) is 6.67. The lowest BCUT2D eigenvalue weighted by Crippen LogP contribution is -2.60. The van der Waals surface area contributed by atoms with E-state index in [0.29, 0.717) is 48.0 Å². The second-order valence-electron chi connectivity index (χ2n) is 12.8. The van der Waals surface area contributed by atoms with Crippen molar-refractivity contribution in [2.75, 3.05) is 35.7 Å². The van der Waals surface area contributed by atoms with E-state index >= 15 is 0 Å². The van der Waals surface area contributed by atoms with Crippen LogP contribution in [-0.2, 0) is 10.1 Å². The number of benzene rings is 1. The summed E-state index contributed by atoms with van der Waals surface area (Å²) in [5, 5.41) is 14.8. The zero-order valence-electron chi connectivity index (χ0n) is 26.4. The molecule has 47 heavy (non-hydrogen) atoms. The number of likely N-dealkylation sites (tertiary alicyclic amines) is 1. The van der Waals surface area contributed by atoms with Crippen LogP contribution in [0.4, 0.5) is 23.0 Å². The first-order chi connectivity index (χ1) is 22.6. The fourth-order valence-corrected chi connectivity index (χ4v) is 6.67. The highest BCUT2D eigenvalue weighted by Crippen LogP contribution is 2.49. The molecular formula is C33H32B2N10O2. The Kier molecular flexibility index (Phi) is 6.76. The molecule has 0 spiro atoms. The molecule has 4 radical (unpaired) electrons. The van der Waals surface area contributed by atoms with Crippen molar-refractivity contribution in [3.63, 3.8) is 0 Å². The Labute approximate surface area is 274 Å². The maximum Gasteiger partial charge on any atom is 0.228 e. The van der Waals surface area contributed by atoms with Crippen LogP contribution in [-0.4, -0.2) is 82.3 Å². The number of nitrogens with zero attached hydrogens (tertiary/aromatic N) is 8. The van der Waals surface area contributed by atoms with Gasteiger partial charge in [0.15, 0.2) is 11.9 Å². The molecule has 12 nitrogen and oxygen atoms in total. The second-order valence-corrected chi connectivity index (χ2v) is 12.8. The summed E-state index contributed by atoms with van der Waals surface area (Å²) >= 11 is 0. The summed E-state index contributed by atoms with van der Waals surface area (Å²) < 4.78 is 3.86. The van der Waals surface area contributed by atoms with Crippen LogP contribution < -0.4 is 15.5 Å². The third-order valence-electron chi connectivity index (χ3n) is 9.53. The third-order valence-corrected chi connectivity index (χ3v) is 9.53. The van der Waals surface area contributed by atoms with Crippen LogP contribution in [0.15, 0.2) is 54.7 Å². The summed E-state index contributed by atoms with van der Waals surface area (Å²) in [7, 11) is 15.2. The number of pyridine rings is 1. The molecule has 1 aliphatic carbocycles. The number of fused-ring (bicyclic) bond motifs is 4. The standard InChI is InChI=1S/C33H32B2N10O2/c1-18-12-28-39-27(40-32(47)20-10-11-20)13-29(45(28)41-18)38-25-8-5-7-23-24-14-36-44(30(24)19(2)42(3)31(23)25)22-15-43(16-22)33(34,35)26-9-4-6-21(17-46)37-26/h4-9,12-14,17,19-20,22,38H,10-11,15-16H2,1-3H3,(H,39,40,47). The minimum atomic E-state index is -1.32. The molecule has 0 bridgehead atoms. The van der Waals surface area contributed by atoms with Crippen molar-refractivity contribution in [3.8, 4) is 11.1 Å². The van der Waals surface area contributed by atoms with Crippen molar-refractivity contribution in [3.05, 3.63) is 77.5 Å². The number of anilines is 4. The quantitative estimate of drug-likeness (QED) is 0.197. The number of hydrogen-bond donors (Lipinski definition) is 2. The summed E-state index contributed by atoms with van der Waals surface area (Å²) in [5.41, 5.74) is 7.36. The number of aryl methyl sites for hydroxylation is 1. The van der Waals surface area contributed by atoms with Crippen LogP contribution in [0, 0.1) is 12.8 Å². The number of carbonyl (C=O) groups is 2. The van der Waals surface area contributed by atoms with Gasteiger partial charge in [-0.25, -0.2) is 9.97 Å². The molecule has 2 aliphatic heterocycles. The van der Waals surface area contributed by atoms with Gasteiger partial charge in [0.2, 0.25) is 5.91 Å². The molecule has 232 valence electrons. The van der Waals surface area contributed by atoms with Gasteiger partial charge in [0.1, 0.15) is 17.3 Å². The van der Waals surface area contributed by atoms with Crippen molar-refractivity contribution in [1.82, 2.24) is 34.3 Å². The van der Waals surface area contributed by atoms with Gasteiger partial charge < -0.3 is 20.4 Å². The minimum absolute atomic E-state index is 0.00111. The Hall–Kier alpha value is -4.97. The first-order valence-electron chi connectivity index (χ1n) is 15.8. The summed E-state index contributed by atoms with van der Waals surface area (Å²) in [5.74, 6) is 1.25. The van der Waals surface area contributed by atoms with E-state index in [1.54, 1.807) is 22.7 Å². The SMILES string of the molecule is [B]C([B])(c1cccc(C=O)n1)N1CC(n2ncc3c2C(C)N(C)c2c(Nc4cc(NC(=O)C5CC5)nc5cc(C)nn45)cccc2-3)C1. The number of rotatable bonds is 8. The third kappa shape index (κ3) is 4.89. The van der Waals surface area contributed by atoms with E-state index in [9.17, 15) is 9.59 Å². The van der Waals surface area contributed by atoms with Crippen molar-refractivity contribution in [2.24, 2.45) is 5.92 Å². The average Bonchev–Trinajstić information content (AvgIpc) is 3.69. The lowest BCUT2D eigenvalue weighted by Gasteiger charge is -2.50. The van der Waals surface area contributed by atoms with Crippen LogP contribution in [0.1, 0.15) is 59.4 Å². The predicted molar refractivity (Wildman–Crippen MR) is 180 cm³/mol. The molecular weight excluding hydrogens is 590 g/mol. The highest BCUT2D eigenvalue weighted by Gasteiger charge is 2.42. The number of carbonyl (C=O) groups excluding carboxylic acids is 2. The van der Waals surface area contributed by atoms with Gasteiger partial charge in [0.05, 0.1) is 56.7 Å². The van der Waals surface area contributed by atoms with E-state index in [1.807, 2.05) is 42.3 Å². The molecule has 2 N–H and O–H groups in total. The molecule has 1 saturated carbocycles. The van der Waals surface area contributed by atoms with Gasteiger partial charge in [0.25, 0.3) is 0 Å². The maximum absolute atomic E-state index is 12.6. The zero-order valence-corrected chi connectivity index (χ0v) is 26.4. The second kappa shape index (κ2) is 10.8. The lowest BCUT2D eigenvalue weighted by molar-refractivity contribution is -0.117. The molecule has 4 aromatic heterocycles. The number of aldehydes is 1. The largest absolute Gasteiger partial charge is 0.364 e. The molecule has 1 amide bonds. The molecule has 5 aromatic rings. The van der Waals surface area contributed by atoms with Crippen LogP contribution in [0.2, 0.25) is 0 Å². The van der Waals surface area contributed by atoms with Crippen LogP contribution in [0.25, 0.3) is 16.8 Å². The highest BCUT2D eigenvalue weighted by molar-refractivity contribution is 6.39. The molecule has 1 atom stereocenters. The first kappa shape index (κ1) is 29.4. The summed E-state index contributed by atoms with van der Waals surface area (Å²) in [6.45, 7) is 5.26. The van der Waals surface area contributed by atoms with Gasteiger partial charge in [-0.3, -0.25) is 14.3 Å². The lowest BCUT2D eigenvalue weighted by atomic mass is 9.57. The Balaban J connectivity index is 1.09. The normalized spacial score (nSPS) is 18.0. The number of para-hydroxylation sites is 1. The van der Waals surface area contributed by atoms with E-state index in [-0.39, 0.29) is 23.9 Å². The Morgan fingerprint density at radius 2 is 1.85 bits per heavy atom. The van der Waals surface area contributed by atoms with Crippen molar-refractivity contribution in [2.45, 2.75) is 44.1 Å². The van der Waals surface area contributed by atoms with Gasteiger partial charge >= 0.3 is 0 Å². The predicted octanol–water partition coefficient (Wildman–Crippen LogP) is 3.72. The number of amides is 1. The van der Waals surface area contributed by atoms with E-state index < -0.39 is 5.34 Å². The average molecular weight is 622 g/mol. The van der Waals surface area contributed by atoms with Gasteiger partial charge in [-0.15, -0.1) is 0 Å². The Morgan fingerprint density at radius 1 is 1.06 bits per heavy atom. The van der Waals surface area contributed by atoms with E-state index in [0.717, 1.165) is 46.7 Å². The monoisotopic (exact) mass is 622 g/mol. The summed E-state index contributed by atoms with van der Waals surface area (Å²) in [4.78, 5) is 37.0. The van der Waals surface area contributed by atoms with Crippen LogP contribution >= 0.6 is 0 Å². The van der Waals surface area contributed by atoms with Gasteiger partial charge in [-0.2, -0.15) is 14.7 Å². The van der Waals surface area contributed by atoms with Gasteiger partial charge in [-0.1, -0.05) is 18.2 Å². The van der Waals surface area contributed by atoms with Gasteiger partial charge in [-0.05, 0) is 50.2 Å². The first-order valence-corrected chi connectivity index (χ1v) is 15.8. The smallest absolute Gasteiger partial charge is 0.228 e. The van der Waals surface area contributed by atoms with Crippen molar-refractivity contribution in [1.29, 1.82) is 0 Å². The Bertz CT molecular complexity index is 2060. The fraction of sp³-hybridized carbons (Fsp3) is 0.333.